The van der Waals surface area contributed by atoms with E-state index in [1.54, 1.807) is 0 Å². The highest BCUT2D eigenvalue weighted by Crippen LogP contribution is 2.31. The second kappa shape index (κ2) is 4.04. The monoisotopic (exact) mass is 232 g/mol. The fraction of sp³-hybridized carbons (Fsp3) is 0.462. The molecule has 0 aliphatic carbocycles. The fourth-order valence-corrected chi connectivity index (χ4v) is 2.37. The molecule has 1 fully saturated rings. The number of fused-ring (bicyclic) bond motifs is 1. The van der Waals surface area contributed by atoms with Gasteiger partial charge >= 0.3 is 0 Å². The Bertz CT molecular complexity index is 542. The summed E-state index contributed by atoms with van der Waals surface area (Å²) in [5.74, 6) is 0.0953. The zero-order valence-corrected chi connectivity index (χ0v) is 9.89. The quantitative estimate of drug-likeness (QED) is 0.822. The normalized spacial score (nSPS) is 20.9. The Labute approximate surface area is 99.8 Å². The minimum atomic E-state index is -0.0325. The van der Waals surface area contributed by atoms with Crippen LogP contribution < -0.4 is 0 Å². The number of aromatic hydroxyl groups is 1. The van der Waals surface area contributed by atoms with Crippen LogP contribution in [0.4, 0.5) is 0 Å². The van der Waals surface area contributed by atoms with E-state index in [-0.39, 0.29) is 12.1 Å². The van der Waals surface area contributed by atoms with Crippen molar-refractivity contribution in [1.29, 1.82) is 0 Å². The highest BCUT2D eigenvalue weighted by atomic mass is 16.5. The van der Waals surface area contributed by atoms with E-state index in [1.807, 2.05) is 29.8 Å². The number of hydrogen-bond donors (Lipinski definition) is 1. The lowest BCUT2D eigenvalue weighted by Gasteiger charge is -2.23. The maximum Gasteiger partial charge on any atom is 0.238 e. The molecule has 90 valence electrons. The van der Waals surface area contributed by atoms with Gasteiger partial charge in [0.2, 0.25) is 5.88 Å². The van der Waals surface area contributed by atoms with Crippen LogP contribution >= 0.6 is 0 Å². The largest absolute Gasteiger partial charge is 0.492 e. The molecular formula is C13H16N2O2. The van der Waals surface area contributed by atoms with Crippen molar-refractivity contribution in [3.63, 3.8) is 0 Å². The predicted octanol–water partition coefficient (Wildman–Crippen LogP) is 2.75. The van der Waals surface area contributed by atoms with Gasteiger partial charge in [-0.3, -0.25) is 0 Å². The summed E-state index contributed by atoms with van der Waals surface area (Å²) in [5, 5.41) is 14.9. The molecule has 4 nitrogen and oxygen atoms in total. The van der Waals surface area contributed by atoms with Crippen LogP contribution in [0.1, 0.15) is 31.1 Å². The molecule has 1 aliphatic heterocycles. The Hall–Kier alpha value is -1.55. The molecule has 1 N–H and O–H groups in total. The van der Waals surface area contributed by atoms with Crippen LogP contribution in [-0.2, 0) is 4.74 Å². The number of benzene rings is 1. The maximum atomic E-state index is 9.86. The average molecular weight is 232 g/mol. The Kier molecular flexibility index (Phi) is 2.52. The van der Waals surface area contributed by atoms with Gasteiger partial charge in [-0.1, -0.05) is 11.6 Å². The summed E-state index contributed by atoms with van der Waals surface area (Å²) in [6.45, 7) is 2.78. The minimum absolute atomic E-state index is 0.0325. The topological polar surface area (TPSA) is 47.3 Å². The summed E-state index contributed by atoms with van der Waals surface area (Å²) in [6.07, 6.45) is 3.19. The van der Waals surface area contributed by atoms with E-state index < -0.39 is 0 Å². The molecule has 0 amide bonds. The zero-order chi connectivity index (χ0) is 11.8. The highest BCUT2D eigenvalue weighted by molar-refractivity contribution is 5.85. The molecule has 2 heterocycles. The predicted molar refractivity (Wildman–Crippen MR) is 65.0 cm³/mol. The summed E-state index contributed by atoms with van der Waals surface area (Å²) < 4.78 is 7.51. The van der Waals surface area contributed by atoms with Gasteiger partial charge in [-0.25, -0.2) is 4.68 Å². The Balaban J connectivity index is 2.10. The molecule has 1 aromatic heterocycles. The maximum absolute atomic E-state index is 9.86. The zero-order valence-electron chi connectivity index (χ0n) is 9.89. The van der Waals surface area contributed by atoms with E-state index in [4.69, 9.17) is 4.74 Å². The van der Waals surface area contributed by atoms with Crippen LogP contribution in [-0.4, -0.2) is 21.5 Å². The first-order valence-corrected chi connectivity index (χ1v) is 6.05. The van der Waals surface area contributed by atoms with E-state index in [2.05, 4.69) is 5.10 Å². The smallest absolute Gasteiger partial charge is 0.238 e. The van der Waals surface area contributed by atoms with Crippen LogP contribution in [0.15, 0.2) is 18.2 Å². The van der Waals surface area contributed by atoms with E-state index in [1.165, 1.54) is 0 Å². The molecule has 3 rings (SSSR count). The molecule has 1 saturated heterocycles. The number of ether oxygens (including phenoxy) is 1. The minimum Gasteiger partial charge on any atom is -0.492 e. The van der Waals surface area contributed by atoms with Crippen molar-refractivity contribution >= 4 is 10.9 Å². The van der Waals surface area contributed by atoms with Crippen molar-refractivity contribution < 1.29 is 9.84 Å². The first-order valence-electron chi connectivity index (χ1n) is 6.05. The number of nitrogens with zero attached hydrogens (tertiary/aromatic N) is 2. The SMILES string of the molecule is Cc1ccc2c(c1)c(O)nn2C1CCCCO1. The average Bonchev–Trinajstić information content (AvgIpc) is 2.68. The summed E-state index contributed by atoms with van der Waals surface area (Å²) in [7, 11) is 0. The third-order valence-corrected chi connectivity index (χ3v) is 3.27. The molecule has 1 atom stereocenters. The molecule has 0 spiro atoms. The first-order chi connectivity index (χ1) is 8.25. The second-order valence-corrected chi connectivity index (χ2v) is 4.61. The van der Waals surface area contributed by atoms with Crippen LogP contribution in [0.2, 0.25) is 0 Å². The van der Waals surface area contributed by atoms with Gasteiger partial charge < -0.3 is 9.84 Å². The molecule has 2 aromatic rings. The number of aromatic nitrogens is 2. The lowest BCUT2D eigenvalue weighted by molar-refractivity contribution is -0.0371. The van der Waals surface area contributed by atoms with Gasteiger partial charge in [-0.15, -0.1) is 5.10 Å². The standard InChI is InChI=1S/C13H16N2O2/c1-9-5-6-11-10(8-9)13(16)14-15(11)12-4-2-3-7-17-12/h5-6,8,12H,2-4,7H2,1H3,(H,14,16). The van der Waals surface area contributed by atoms with Crippen LogP contribution in [0.25, 0.3) is 10.9 Å². The molecule has 17 heavy (non-hydrogen) atoms. The second-order valence-electron chi connectivity index (χ2n) is 4.61. The van der Waals surface area contributed by atoms with Crippen molar-refractivity contribution in [3.8, 4) is 5.88 Å². The molecule has 1 aromatic carbocycles. The number of hydrogen-bond acceptors (Lipinski definition) is 3. The van der Waals surface area contributed by atoms with Gasteiger partial charge in [0.05, 0.1) is 10.9 Å². The van der Waals surface area contributed by atoms with Crippen molar-refractivity contribution in [2.24, 2.45) is 0 Å². The first kappa shape index (κ1) is 10.6. The summed E-state index contributed by atoms with van der Waals surface area (Å²) >= 11 is 0. The third kappa shape index (κ3) is 1.78. The number of aryl methyl sites for hydroxylation is 1. The lowest BCUT2D eigenvalue weighted by Crippen LogP contribution is -2.18. The Morgan fingerprint density at radius 3 is 3.06 bits per heavy atom. The highest BCUT2D eigenvalue weighted by Gasteiger charge is 2.20. The molecule has 0 saturated carbocycles. The molecule has 0 radical (unpaired) electrons. The summed E-state index contributed by atoms with van der Waals surface area (Å²) in [6, 6.07) is 5.98. The van der Waals surface area contributed by atoms with Crippen LogP contribution in [0, 0.1) is 6.92 Å². The van der Waals surface area contributed by atoms with Crippen molar-refractivity contribution in [2.45, 2.75) is 32.4 Å². The Morgan fingerprint density at radius 1 is 1.41 bits per heavy atom. The van der Waals surface area contributed by atoms with Gasteiger partial charge in [0.1, 0.15) is 0 Å². The van der Waals surface area contributed by atoms with Crippen molar-refractivity contribution in [2.75, 3.05) is 6.61 Å². The number of rotatable bonds is 1. The van der Waals surface area contributed by atoms with E-state index in [9.17, 15) is 5.11 Å². The lowest BCUT2D eigenvalue weighted by atomic mass is 10.1. The molecule has 1 unspecified atom stereocenters. The van der Waals surface area contributed by atoms with Crippen molar-refractivity contribution in [3.05, 3.63) is 23.8 Å². The fourth-order valence-electron chi connectivity index (χ4n) is 2.37. The van der Waals surface area contributed by atoms with E-state index >= 15 is 0 Å². The van der Waals surface area contributed by atoms with Crippen molar-refractivity contribution in [1.82, 2.24) is 9.78 Å². The van der Waals surface area contributed by atoms with Crippen LogP contribution in [0.5, 0.6) is 5.88 Å². The van der Waals surface area contributed by atoms with Gasteiger partial charge in [0.25, 0.3) is 0 Å². The van der Waals surface area contributed by atoms with Crippen LogP contribution in [0.3, 0.4) is 0 Å². The van der Waals surface area contributed by atoms with E-state index in [0.29, 0.717) is 0 Å². The van der Waals surface area contributed by atoms with Gasteiger partial charge in [-0.2, -0.15) is 0 Å². The third-order valence-electron chi connectivity index (χ3n) is 3.27. The van der Waals surface area contributed by atoms with E-state index in [0.717, 1.165) is 42.3 Å². The van der Waals surface area contributed by atoms with Gasteiger partial charge in [-0.05, 0) is 38.3 Å². The molecular weight excluding hydrogens is 216 g/mol. The Morgan fingerprint density at radius 2 is 2.29 bits per heavy atom. The molecule has 0 bridgehead atoms. The van der Waals surface area contributed by atoms with Gasteiger partial charge in [0, 0.05) is 6.61 Å². The summed E-state index contributed by atoms with van der Waals surface area (Å²) in [4.78, 5) is 0. The molecule has 4 heteroatoms. The summed E-state index contributed by atoms with van der Waals surface area (Å²) in [5.41, 5.74) is 2.07. The molecule has 1 aliphatic rings. The van der Waals surface area contributed by atoms with Gasteiger partial charge in [0.15, 0.2) is 6.23 Å².